The molecule has 0 saturated heterocycles. The zero-order chi connectivity index (χ0) is 15.5. The van der Waals surface area contributed by atoms with E-state index in [0.29, 0.717) is 11.4 Å². The van der Waals surface area contributed by atoms with Crippen LogP contribution in [0, 0.1) is 6.92 Å². The minimum absolute atomic E-state index is 0.0326. The predicted molar refractivity (Wildman–Crippen MR) is 87.1 cm³/mol. The number of hydrogen-bond acceptors (Lipinski definition) is 4. The molecule has 6 heteroatoms. The largest absolute Gasteiger partial charge is 0.300 e. The molecule has 2 aromatic rings. The number of nitrogens with one attached hydrogen (secondary N) is 1. The van der Waals surface area contributed by atoms with Crippen molar-refractivity contribution in [3.8, 4) is 0 Å². The third kappa shape index (κ3) is 4.14. The molecule has 1 heterocycles. The highest BCUT2D eigenvalue weighted by atomic mass is 32.2. The van der Waals surface area contributed by atoms with Crippen LogP contribution in [0.15, 0.2) is 46.7 Å². The van der Waals surface area contributed by atoms with Crippen molar-refractivity contribution in [1.82, 2.24) is 9.62 Å². The van der Waals surface area contributed by atoms with Gasteiger partial charge in [0.2, 0.25) is 10.0 Å². The molecular formula is C15H20N2O2S2. The quantitative estimate of drug-likeness (QED) is 0.889. The number of rotatable bonds is 6. The molecule has 1 aromatic carbocycles. The maximum absolute atomic E-state index is 12.3. The van der Waals surface area contributed by atoms with Crippen LogP contribution in [0.2, 0.25) is 0 Å². The average Bonchev–Trinajstić information content (AvgIpc) is 2.93. The second kappa shape index (κ2) is 6.70. The Hall–Kier alpha value is -1.21. The molecule has 0 fully saturated rings. The van der Waals surface area contributed by atoms with E-state index < -0.39 is 10.0 Å². The van der Waals surface area contributed by atoms with Crippen LogP contribution in [0.3, 0.4) is 0 Å². The Labute approximate surface area is 130 Å². The van der Waals surface area contributed by atoms with Gasteiger partial charge in [0.15, 0.2) is 0 Å². The molecule has 114 valence electrons. The number of aryl methyl sites for hydroxylation is 1. The smallest absolute Gasteiger partial charge is 0.240 e. The van der Waals surface area contributed by atoms with Gasteiger partial charge in [0.05, 0.1) is 10.9 Å². The van der Waals surface area contributed by atoms with Gasteiger partial charge in [-0.3, -0.25) is 0 Å². The molecule has 2 rings (SSSR count). The lowest BCUT2D eigenvalue weighted by molar-refractivity contribution is 0.303. The molecule has 1 aromatic heterocycles. The third-order valence-corrected chi connectivity index (χ3v) is 5.71. The summed E-state index contributed by atoms with van der Waals surface area (Å²) >= 11 is 1.63. The van der Waals surface area contributed by atoms with Crippen LogP contribution in [0.5, 0.6) is 0 Å². The van der Waals surface area contributed by atoms with Gasteiger partial charge in [0.25, 0.3) is 0 Å². The maximum atomic E-state index is 12.3. The Morgan fingerprint density at radius 1 is 1.19 bits per heavy atom. The zero-order valence-corrected chi connectivity index (χ0v) is 14.0. The van der Waals surface area contributed by atoms with Crippen molar-refractivity contribution in [2.75, 3.05) is 20.6 Å². The summed E-state index contributed by atoms with van der Waals surface area (Å²) in [6.45, 7) is 2.28. The predicted octanol–water partition coefficient (Wildman–Crippen LogP) is 2.64. The van der Waals surface area contributed by atoms with Crippen LogP contribution < -0.4 is 4.72 Å². The van der Waals surface area contributed by atoms with E-state index in [4.69, 9.17) is 0 Å². The molecule has 1 atom stereocenters. The van der Waals surface area contributed by atoms with Gasteiger partial charge in [-0.2, -0.15) is 0 Å². The maximum Gasteiger partial charge on any atom is 0.240 e. The van der Waals surface area contributed by atoms with E-state index in [2.05, 4.69) is 4.72 Å². The third-order valence-electron chi connectivity index (χ3n) is 3.29. The summed E-state index contributed by atoms with van der Waals surface area (Å²) in [5.74, 6) is 0. The van der Waals surface area contributed by atoms with Crippen molar-refractivity contribution in [3.63, 3.8) is 0 Å². The number of benzene rings is 1. The Morgan fingerprint density at radius 2 is 1.86 bits per heavy atom. The molecular weight excluding hydrogens is 304 g/mol. The molecule has 4 nitrogen and oxygen atoms in total. The number of nitrogens with zero attached hydrogens (tertiary/aromatic N) is 1. The van der Waals surface area contributed by atoms with Crippen molar-refractivity contribution >= 4 is 21.4 Å². The number of thiophene rings is 1. The van der Waals surface area contributed by atoms with E-state index in [1.165, 1.54) is 0 Å². The molecule has 0 aliphatic heterocycles. The topological polar surface area (TPSA) is 49.4 Å². The fourth-order valence-electron chi connectivity index (χ4n) is 2.01. The van der Waals surface area contributed by atoms with Gasteiger partial charge < -0.3 is 4.90 Å². The first-order valence-corrected chi connectivity index (χ1v) is 9.02. The first-order valence-electron chi connectivity index (χ1n) is 6.66. The molecule has 21 heavy (non-hydrogen) atoms. The Bertz CT molecular complexity index is 662. The average molecular weight is 324 g/mol. The van der Waals surface area contributed by atoms with Gasteiger partial charge in [0, 0.05) is 11.4 Å². The Morgan fingerprint density at radius 3 is 2.38 bits per heavy atom. The Balaban J connectivity index is 2.11. The number of sulfonamides is 1. The van der Waals surface area contributed by atoms with Gasteiger partial charge in [0.1, 0.15) is 0 Å². The molecule has 0 radical (unpaired) electrons. The highest BCUT2D eigenvalue weighted by Gasteiger charge is 2.20. The lowest BCUT2D eigenvalue weighted by atomic mass is 10.2. The van der Waals surface area contributed by atoms with Crippen LogP contribution in [-0.4, -0.2) is 34.0 Å². The van der Waals surface area contributed by atoms with E-state index in [0.717, 1.165) is 10.4 Å². The van der Waals surface area contributed by atoms with Crippen LogP contribution in [-0.2, 0) is 10.0 Å². The normalized spacial score (nSPS) is 13.5. The SMILES string of the molecule is Cc1ccc(S(=O)(=O)NC[C@H](c2cccs2)N(C)C)cc1. The van der Waals surface area contributed by atoms with Crippen LogP contribution in [0.4, 0.5) is 0 Å². The van der Waals surface area contributed by atoms with Crippen molar-refractivity contribution in [2.24, 2.45) is 0 Å². The summed E-state index contributed by atoms with van der Waals surface area (Å²) < 4.78 is 27.3. The summed E-state index contributed by atoms with van der Waals surface area (Å²) in [5, 5.41) is 2.00. The first kappa shape index (κ1) is 16.2. The van der Waals surface area contributed by atoms with Crippen LogP contribution in [0.25, 0.3) is 0 Å². The molecule has 1 N–H and O–H groups in total. The summed E-state index contributed by atoms with van der Waals surface area (Å²) in [4.78, 5) is 3.46. The lowest BCUT2D eigenvalue weighted by Crippen LogP contribution is -2.34. The van der Waals surface area contributed by atoms with Gasteiger partial charge in [-0.1, -0.05) is 23.8 Å². The van der Waals surface area contributed by atoms with E-state index in [1.807, 2.05) is 43.4 Å². The fourth-order valence-corrected chi connectivity index (χ4v) is 3.97. The summed E-state index contributed by atoms with van der Waals surface area (Å²) in [6.07, 6.45) is 0. The minimum atomic E-state index is -3.47. The molecule has 0 aliphatic rings. The van der Waals surface area contributed by atoms with Crippen LogP contribution in [0.1, 0.15) is 16.5 Å². The lowest BCUT2D eigenvalue weighted by Gasteiger charge is -2.23. The van der Waals surface area contributed by atoms with Crippen molar-refractivity contribution < 1.29 is 8.42 Å². The minimum Gasteiger partial charge on any atom is -0.300 e. The van der Waals surface area contributed by atoms with E-state index in [-0.39, 0.29) is 6.04 Å². The second-order valence-corrected chi connectivity index (χ2v) is 7.91. The van der Waals surface area contributed by atoms with Gasteiger partial charge >= 0.3 is 0 Å². The highest BCUT2D eigenvalue weighted by molar-refractivity contribution is 7.89. The summed E-state index contributed by atoms with van der Waals surface area (Å²) in [5.41, 5.74) is 1.04. The highest BCUT2D eigenvalue weighted by Crippen LogP contribution is 2.23. The van der Waals surface area contributed by atoms with Crippen LogP contribution >= 0.6 is 11.3 Å². The molecule has 0 amide bonds. The summed E-state index contributed by atoms with van der Waals surface area (Å²) in [6, 6.07) is 10.9. The Kier molecular flexibility index (Phi) is 5.16. The molecule has 0 spiro atoms. The van der Waals surface area contributed by atoms with Gasteiger partial charge in [-0.05, 0) is 44.6 Å². The van der Waals surface area contributed by atoms with E-state index >= 15 is 0 Å². The van der Waals surface area contributed by atoms with E-state index in [9.17, 15) is 8.42 Å². The van der Waals surface area contributed by atoms with Crippen molar-refractivity contribution in [3.05, 3.63) is 52.2 Å². The molecule has 0 unspecified atom stereocenters. The monoisotopic (exact) mass is 324 g/mol. The summed E-state index contributed by atoms with van der Waals surface area (Å²) in [7, 11) is 0.429. The van der Waals surface area contributed by atoms with E-state index in [1.54, 1.807) is 35.6 Å². The molecule has 0 aliphatic carbocycles. The van der Waals surface area contributed by atoms with Crippen molar-refractivity contribution in [1.29, 1.82) is 0 Å². The first-order chi connectivity index (χ1) is 9.90. The van der Waals surface area contributed by atoms with Crippen molar-refractivity contribution in [2.45, 2.75) is 17.9 Å². The standard InChI is InChI=1S/C15H20N2O2S2/c1-12-6-8-13(9-7-12)21(18,19)16-11-14(17(2)3)15-5-4-10-20-15/h4-10,14,16H,11H2,1-3H3/t14-/m1/s1. The number of likely N-dealkylation sites (N-methyl/N-ethyl adjacent to an activating group) is 1. The van der Waals surface area contributed by atoms with Gasteiger partial charge in [-0.25, -0.2) is 13.1 Å². The number of hydrogen-bond donors (Lipinski definition) is 1. The molecule has 0 bridgehead atoms. The second-order valence-electron chi connectivity index (χ2n) is 5.16. The molecule has 0 saturated carbocycles. The zero-order valence-electron chi connectivity index (χ0n) is 12.4. The fraction of sp³-hybridized carbons (Fsp3) is 0.333. The van der Waals surface area contributed by atoms with Gasteiger partial charge in [-0.15, -0.1) is 11.3 Å².